The number of esters is 1. The lowest BCUT2D eigenvalue weighted by Crippen LogP contribution is -2.38. The van der Waals surface area contributed by atoms with Crippen molar-refractivity contribution in [3.63, 3.8) is 0 Å². The van der Waals surface area contributed by atoms with Crippen LogP contribution in [-0.4, -0.2) is 44.3 Å². The molecule has 0 radical (unpaired) electrons. The monoisotopic (exact) mass is 478 g/mol. The largest absolute Gasteiger partial charge is 0.462 e. The maximum atomic E-state index is 13.1. The van der Waals surface area contributed by atoms with Crippen LogP contribution in [0.4, 0.5) is 5.69 Å². The molecule has 7 nitrogen and oxygen atoms in total. The molecule has 1 saturated heterocycles. The molecule has 0 aliphatic carbocycles. The Morgan fingerprint density at radius 2 is 1.81 bits per heavy atom. The highest BCUT2D eigenvalue weighted by atomic mass is 35.5. The highest BCUT2D eigenvalue weighted by Gasteiger charge is 2.29. The van der Waals surface area contributed by atoms with Crippen LogP contribution in [0.25, 0.3) is 0 Å². The number of hydrogen-bond donors (Lipinski definition) is 1. The van der Waals surface area contributed by atoms with Gasteiger partial charge in [-0.2, -0.15) is 4.31 Å². The van der Waals surface area contributed by atoms with E-state index in [2.05, 4.69) is 12.2 Å². The Balaban J connectivity index is 1.82. The zero-order valence-corrected chi connectivity index (χ0v) is 19.9. The average Bonchev–Trinajstić information content (AvgIpc) is 2.74. The molecular formula is C23H27ClN2O5S. The number of halogens is 1. The normalized spacial score (nSPS) is 15.4. The van der Waals surface area contributed by atoms with E-state index in [0.717, 1.165) is 12.8 Å². The fourth-order valence-electron chi connectivity index (χ4n) is 3.55. The first kappa shape index (κ1) is 24.2. The van der Waals surface area contributed by atoms with Crippen LogP contribution in [0.5, 0.6) is 0 Å². The quantitative estimate of drug-likeness (QED) is 0.617. The molecule has 3 rings (SSSR count). The Kier molecular flexibility index (Phi) is 7.59. The third-order valence-corrected chi connectivity index (χ3v) is 7.76. The number of benzene rings is 2. The number of nitrogens with one attached hydrogen (secondary N) is 1. The first-order valence-corrected chi connectivity index (χ1v) is 12.3. The second-order valence-electron chi connectivity index (χ2n) is 7.93. The van der Waals surface area contributed by atoms with Crippen LogP contribution < -0.4 is 5.32 Å². The molecule has 2 aromatic carbocycles. The number of aryl methyl sites for hydroxylation is 1. The second kappa shape index (κ2) is 10.0. The summed E-state index contributed by atoms with van der Waals surface area (Å²) in [6, 6.07) is 9.04. The Morgan fingerprint density at radius 3 is 2.44 bits per heavy atom. The maximum Gasteiger partial charge on any atom is 0.339 e. The topological polar surface area (TPSA) is 92.8 Å². The number of amides is 1. The first-order chi connectivity index (χ1) is 15.1. The van der Waals surface area contributed by atoms with Crippen LogP contribution in [0.2, 0.25) is 5.02 Å². The zero-order valence-electron chi connectivity index (χ0n) is 18.4. The van der Waals surface area contributed by atoms with Crippen molar-refractivity contribution in [3.05, 3.63) is 58.1 Å². The van der Waals surface area contributed by atoms with E-state index in [1.807, 2.05) is 0 Å². The summed E-state index contributed by atoms with van der Waals surface area (Å²) in [6.45, 7) is 6.73. The third-order valence-electron chi connectivity index (χ3n) is 5.56. The minimum absolute atomic E-state index is 0.0958. The van der Waals surface area contributed by atoms with Crippen LogP contribution in [-0.2, 0) is 14.8 Å². The number of sulfonamides is 1. The van der Waals surface area contributed by atoms with Gasteiger partial charge in [0.05, 0.1) is 22.1 Å². The third kappa shape index (κ3) is 5.31. The van der Waals surface area contributed by atoms with Crippen molar-refractivity contribution in [3.8, 4) is 0 Å². The van der Waals surface area contributed by atoms with Crippen LogP contribution >= 0.6 is 11.6 Å². The van der Waals surface area contributed by atoms with Crippen LogP contribution in [0, 0.1) is 12.8 Å². The molecule has 1 fully saturated rings. The number of ether oxygens (including phenoxy) is 1. The number of hydrogen-bond acceptors (Lipinski definition) is 5. The summed E-state index contributed by atoms with van der Waals surface area (Å²) < 4.78 is 32.6. The summed E-state index contributed by atoms with van der Waals surface area (Å²) in [6.07, 6.45) is 1.64. The van der Waals surface area contributed by atoms with Crippen molar-refractivity contribution in [1.29, 1.82) is 0 Å². The van der Waals surface area contributed by atoms with Crippen molar-refractivity contribution < 1.29 is 22.7 Å². The van der Waals surface area contributed by atoms with Gasteiger partial charge in [0.25, 0.3) is 5.91 Å². The molecule has 1 amide bonds. The number of carbonyl (C=O) groups excluding carboxylic acids is 2. The van der Waals surface area contributed by atoms with Gasteiger partial charge in [-0.15, -0.1) is 0 Å². The van der Waals surface area contributed by atoms with Gasteiger partial charge in [-0.25, -0.2) is 13.2 Å². The highest BCUT2D eigenvalue weighted by Crippen LogP contribution is 2.26. The molecule has 0 unspecified atom stereocenters. The summed E-state index contributed by atoms with van der Waals surface area (Å²) in [7, 11) is -3.68. The molecule has 0 spiro atoms. The molecule has 1 N–H and O–H groups in total. The van der Waals surface area contributed by atoms with Gasteiger partial charge in [0.15, 0.2) is 0 Å². The van der Waals surface area contributed by atoms with Crippen LogP contribution in [0.3, 0.4) is 0 Å². The minimum Gasteiger partial charge on any atom is -0.462 e. The van der Waals surface area contributed by atoms with Crippen LogP contribution in [0.15, 0.2) is 41.3 Å². The fraction of sp³-hybridized carbons (Fsp3) is 0.391. The Bertz CT molecular complexity index is 1130. The molecule has 1 heterocycles. The lowest BCUT2D eigenvalue weighted by Gasteiger charge is -2.29. The highest BCUT2D eigenvalue weighted by molar-refractivity contribution is 7.89. The van der Waals surface area contributed by atoms with Gasteiger partial charge in [0.2, 0.25) is 10.0 Å². The summed E-state index contributed by atoms with van der Waals surface area (Å²) >= 11 is 6.17. The number of piperidine rings is 1. The predicted molar refractivity (Wildman–Crippen MR) is 124 cm³/mol. The van der Waals surface area contributed by atoms with Crippen molar-refractivity contribution in [1.82, 2.24) is 4.31 Å². The van der Waals surface area contributed by atoms with Crippen molar-refractivity contribution in [2.45, 2.75) is 38.5 Å². The molecule has 172 valence electrons. The predicted octanol–water partition coefficient (Wildman–Crippen LogP) is 4.50. The van der Waals surface area contributed by atoms with Crippen molar-refractivity contribution >= 4 is 39.2 Å². The molecule has 1 aliphatic heterocycles. The summed E-state index contributed by atoms with van der Waals surface area (Å²) in [5.41, 5.74) is 1.47. The maximum absolute atomic E-state index is 13.1. The number of rotatable bonds is 6. The molecule has 0 saturated carbocycles. The molecule has 1 aliphatic rings. The fourth-order valence-corrected chi connectivity index (χ4v) is 5.30. The van der Waals surface area contributed by atoms with Gasteiger partial charge in [-0.3, -0.25) is 4.79 Å². The molecule has 2 aromatic rings. The lowest BCUT2D eigenvalue weighted by atomic mass is 10.0. The van der Waals surface area contributed by atoms with E-state index in [1.54, 1.807) is 26.0 Å². The zero-order chi connectivity index (χ0) is 23.5. The molecule has 0 bridgehead atoms. The van der Waals surface area contributed by atoms with Crippen molar-refractivity contribution in [2.75, 3.05) is 25.0 Å². The Hall–Kier alpha value is -2.42. The van der Waals surface area contributed by atoms with Gasteiger partial charge < -0.3 is 10.1 Å². The van der Waals surface area contributed by atoms with E-state index >= 15 is 0 Å². The van der Waals surface area contributed by atoms with E-state index in [9.17, 15) is 18.0 Å². The number of nitrogens with zero attached hydrogens (tertiary/aromatic N) is 1. The number of anilines is 1. The van der Waals surface area contributed by atoms with Crippen LogP contribution in [0.1, 0.15) is 53.0 Å². The Morgan fingerprint density at radius 1 is 1.12 bits per heavy atom. The summed E-state index contributed by atoms with van der Waals surface area (Å²) in [5, 5.41) is 2.86. The lowest BCUT2D eigenvalue weighted by molar-refractivity contribution is 0.0526. The molecular weight excluding hydrogens is 452 g/mol. The van der Waals surface area contributed by atoms with Gasteiger partial charge in [0, 0.05) is 24.3 Å². The van der Waals surface area contributed by atoms with E-state index in [0.29, 0.717) is 30.3 Å². The van der Waals surface area contributed by atoms with E-state index in [-0.39, 0.29) is 27.7 Å². The Labute approximate surface area is 193 Å². The molecule has 0 aromatic heterocycles. The van der Waals surface area contributed by atoms with Crippen molar-refractivity contribution in [2.24, 2.45) is 5.92 Å². The molecule has 0 atom stereocenters. The first-order valence-electron chi connectivity index (χ1n) is 10.5. The van der Waals surface area contributed by atoms with Gasteiger partial charge in [0.1, 0.15) is 0 Å². The van der Waals surface area contributed by atoms with E-state index in [1.165, 1.54) is 28.6 Å². The van der Waals surface area contributed by atoms with Gasteiger partial charge in [-0.1, -0.05) is 24.6 Å². The van der Waals surface area contributed by atoms with Gasteiger partial charge >= 0.3 is 5.97 Å². The standard InChI is InChI=1S/C23H27ClN2O5S/c1-4-31-23(28)19-8-6-17(13-21(19)24)25-22(27)20-14-18(7-5-16(20)3)32(29,30)26-11-9-15(2)10-12-26/h5-8,13-15H,4,9-12H2,1-3H3,(H,25,27). The SMILES string of the molecule is CCOC(=O)c1ccc(NC(=O)c2cc(S(=O)(=O)N3CCC(C)CC3)ccc2C)cc1Cl. The smallest absolute Gasteiger partial charge is 0.339 e. The van der Waals surface area contributed by atoms with Gasteiger partial charge in [-0.05, 0) is 68.5 Å². The average molecular weight is 479 g/mol. The van der Waals surface area contributed by atoms with E-state index < -0.39 is 21.9 Å². The summed E-state index contributed by atoms with van der Waals surface area (Å²) in [5.74, 6) is -0.508. The summed E-state index contributed by atoms with van der Waals surface area (Å²) in [4.78, 5) is 24.9. The molecule has 32 heavy (non-hydrogen) atoms. The van der Waals surface area contributed by atoms with E-state index in [4.69, 9.17) is 16.3 Å². The molecule has 9 heteroatoms. The minimum atomic E-state index is -3.68. The second-order valence-corrected chi connectivity index (χ2v) is 10.3. The number of carbonyl (C=O) groups is 2.